The van der Waals surface area contributed by atoms with E-state index in [0.29, 0.717) is 0 Å². The molecule has 5 nitrogen and oxygen atoms in total. The van der Waals surface area contributed by atoms with Crippen molar-refractivity contribution >= 4 is 33.4 Å². The largest absolute Gasteiger partial charge is 0.323 e. The third kappa shape index (κ3) is 3.71. The number of hydrogen-bond donors (Lipinski definition) is 2. The standard InChI is InChI=1S/C12H15FN2O3S2/c13-9-5-4-8(20(14,17)18)7-10(9)15-12(16)11-3-1-2-6-19-11/h4-5,7,11H,1-3,6H2,(H,15,16)(H2,14,17,18). The van der Waals surface area contributed by atoms with Crippen LogP contribution in [-0.4, -0.2) is 25.3 Å². The Hall–Kier alpha value is -1.12. The number of benzene rings is 1. The van der Waals surface area contributed by atoms with E-state index in [1.807, 2.05) is 0 Å². The minimum absolute atomic E-state index is 0.160. The van der Waals surface area contributed by atoms with Crippen molar-refractivity contribution in [3.63, 3.8) is 0 Å². The summed E-state index contributed by atoms with van der Waals surface area (Å²) in [6.07, 6.45) is 2.78. The van der Waals surface area contributed by atoms with Crippen LogP contribution in [0.1, 0.15) is 19.3 Å². The van der Waals surface area contributed by atoms with Gasteiger partial charge < -0.3 is 5.32 Å². The second kappa shape index (κ2) is 6.11. The minimum Gasteiger partial charge on any atom is -0.323 e. The first kappa shape index (κ1) is 15.3. The van der Waals surface area contributed by atoms with Crippen LogP contribution in [-0.2, 0) is 14.8 Å². The molecule has 20 heavy (non-hydrogen) atoms. The lowest BCUT2D eigenvalue weighted by Gasteiger charge is -2.20. The maximum absolute atomic E-state index is 13.6. The van der Waals surface area contributed by atoms with Gasteiger partial charge in [-0.1, -0.05) is 6.42 Å². The van der Waals surface area contributed by atoms with E-state index in [9.17, 15) is 17.6 Å². The van der Waals surface area contributed by atoms with Crippen molar-refractivity contribution in [2.24, 2.45) is 5.14 Å². The number of thioether (sulfide) groups is 1. The molecule has 0 bridgehead atoms. The van der Waals surface area contributed by atoms with Crippen LogP contribution in [0.2, 0.25) is 0 Å². The molecule has 0 aliphatic carbocycles. The van der Waals surface area contributed by atoms with Gasteiger partial charge in [0.25, 0.3) is 0 Å². The fourth-order valence-corrected chi connectivity index (χ4v) is 3.68. The monoisotopic (exact) mass is 318 g/mol. The van der Waals surface area contributed by atoms with Crippen LogP contribution >= 0.6 is 11.8 Å². The third-order valence-corrected chi connectivity index (χ3v) is 5.28. The van der Waals surface area contributed by atoms with Crippen LogP contribution in [0.25, 0.3) is 0 Å². The average Bonchev–Trinajstić information content (AvgIpc) is 2.41. The summed E-state index contributed by atoms with van der Waals surface area (Å²) in [7, 11) is -3.93. The van der Waals surface area contributed by atoms with Gasteiger partial charge in [-0.25, -0.2) is 17.9 Å². The van der Waals surface area contributed by atoms with Crippen LogP contribution in [0.5, 0.6) is 0 Å². The fourth-order valence-electron chi connectivity index (χ4n) is 1.94. The molecule has 0 spiro atoms. The zero-order valence-corrected chi connectivity index (χ0v) is 12.3. The summed E-state index contributed by atoms with van der Waals surface area (Å²) in [4.78, 5) is 11.8. The maximum Gasteiger partial charge on any atom is 0.238 e. The van der Waals surface area contributed by atoms with Crippen LogP contribution in [0, 0.1) is 5.82 Å². The van der Waals surface area contributed by atoms with Crippen molar-refractivity contribution in [3.05, 3.63) is 24.0 Å². The molecule has 110 valence electrons. The van der Waals surface area contributed by atoms with Gasteiger partial charge in [0, 0.05) is 0 Å². The lowest BCUT2D eigenvalue weighted by molar-refractivity contribution is -0.115. The molecule has 1 fully saturated rings. The molecule has 1 amide bonds. The van der Waals surface area contributed by atoms with E-state index < -0.39 is 15.8 Å². The molecule has 8 heteroatoms. The first-order valence-electron chi connectivity index (χ1n) is 6.13. The number of primary sulfonamides is 1. The molecule has 1 atom stereocenters. The molecule has 1 saturated heterocycles. The number of sulfonamides is 1. The smallest absolute Gasteiger partial charge is 0.238 e. The first-order chi connectivity index (χ1) is 9.38. The van der Waals surface area contributed by atoms with Gasteiger partial charge in [0.2, 0.25) is 15.9 Å². The van der Waals surface area contributed by atoms with Crippen LogP contribution in [0.4, 0.5) is 10.1 Å². The number of amides is 1. The molecule has 1 aromatic carbocycles. The van der Waals surface area contributed by atoms with Crippen LogP contribution in [0.15, 0.2) is 23.1 Å². The highest BCUT2D eigenvalue weighted by Gasteiger charge is 2.23. The first-order valence-corrected chi connectivity index (χ1v) is 8.72. The second-order valence-corrected chi connectivity index (χ2v) is 7.40. The molecule has 3 N–H and O–H groups in total. The second-order valence-electron chi connectivity index (χ2n) is 4.53. The number of carbonyl (C=O) groups excluding carboxylic acids is 1. The number of hydrogen-bond acceptors (Lipinski definition) is 4. The van der Waals surface area contributed by atoms with E-state index in [1.54, 1.807) is 0 Å². The summed E-state index contributed by atoms with van der Waals surface area (Å²) in [6, 6.07) is 3.08. The van der Waals surface area contributed by atoms with Gasteiger partial charge in [-0.05, 0) is 36.8 Å². The highest BCUT2D eigenvalue weighted by Crippen LogP contribution is 2.27. The van der Waals surface area contributed by atoms with Crippen LogP contribution < -0.4 is 10.5 Å². The summed E-state index contributed by atoms with van der Waals surface area (Å²) in [6.45, 7) is 0. The Morgan fingerprint density at radius 3 is 2.75 bits per heavy atom. The van der Waals surface area contributed by atoms with Crippen molar-refractivity contribution in [2.75, 3.05) is 11.1 Å². The van der Waals surface area contributed by atoms with E-state index in [4.69, 9.17) is 5.14 Å². The molecular formula is C12H15FN2O3S2. The van der Waals surface area contributed by atoms with Gasteiger partial charge in [0.05, 0.1) is 15.8 Å². The Balaban J connectivity index is 2.18. The van der Waals surface area contributed by atoms with E-state index in [0.717, 1.165) is 43.2 Å². The van der Waals surface area contributed by atoms with E-state index >= 15 is 0 Å². The van der Waals surface area contributed by atoms with Gasteiger partial charge in [-0.15, -0.1) is 11.8 Å². The molecule has 1 aliphatic rings. The zero-order valence-electron chi connectivity index (χ0n) is 10.6. The Bertz CT molecular complexity index is 613. The summed E-state index contributed by atoms with van der Waals surface area (Å²) in [5.41, 5.74) is -0.160. The molecule has 1 unspecified atom stereocenters. The molecule has 1 aromatic rings. The highest BCUT2D eigenvalue weighted by atomic mass is 32.2. The summed E-state index contributed by atoms with van der Waals surface area (Å²) >= 11 is 1.53. The Kier molecular flexibility index (Phi) is 4.66. The molecule has 0 radical (unpaired) electrons. The predicted octanol–water partition coefficient (Wildman–Crippen LogP) is 1.70. The normalized spacial score (nSPS) is 19.6. The van der Waals surface area contributed by atoms with Crippen molar-refractivity contribution < 1.29 is 17.6 Å². The van der Waals surface area contributed by atoms with Crippen molar-refractivity contribution in [1.82, 2.24) is 0 Å². The van der Waals surface area contributed by atoms with Gasteiger partial charge >= 0.3 is 0 Å². The van der Waals surface area contributed by atoms with Crippen LogP contribution in [0.3, 0.4) is 0 Å². The van der Waals surface area contributed by atoms with Gasteiger partial charge in [0.1, 0.15) is 5.82 Å². The molecule has 0 aromatic heterocycles. The summed E-state index contributed by atoms with van der Waals surface area (Å²) < 4.78 is 36.1. The predicted molar refractivity (Wildman–Crippen MR) is 76.5 cm³/mol. The fraction of sp³-hybridized carbons (Fsp3) is 0.417. The number of nitrogens with two attached hydrogens (primary N) is 1. The highest BCUT2D eigenvalue weighted by molar-refractivity contribution is 8.00. The molecule has 1 aliphatic heterocycles. The van der Waals surface area contributed by atoms with Crippen molar-refractivity contribution in [3.8, 4) is 0 Å². The number of nitrogens with one attached hydrogen (secondary N) is 1. The molecule has 1 heterocycles. The van der Waals surface area contributed by atoms with Gasteiger partial charge in [0.15, 0.2) is 0 Å². The SMILES string of the molecule is NS(=O)(=O)c1ccc(F)c(NC(=O)C2CCCCS2)c1. The quantitative estimate of drug-likeness (QED) is 0.887. The Morgan fingerprint density at radius 1 is 1.40 bits per heavy atom. The lowest BCUT2D eigenvalue weighted by Crippen LogP contribution is -2.28. The Morgan fingerprint density at radius 2 is 2.15 bits per heavy atom. The average molecular weight is 318 g/mol. The van der Waals surface area contributed by atoms with E-state index in [1.165, 1.54) is 11.8 Å². The van der Waals surface area contributed by atoms with Gasteiger partial charge in [-0.2, -0.15) is 0 Å². The summed E-state index contributed by atoms with van der Waals surface area (Å²) in [5, 5.41) is 7.20. The zero-order chi connectivity index (χ0) is 14.8. The lowest BCUT2D eigenvalue weighted by atomic mass is 10.2. The third-order valence-electron chi connectivity index (χ3n) is 3.00. The number of carbonyl (C=O) groups is 1. The van der Waals surface area contributed by atoms with E-state index in [2.05, 4.69) is 5.32 Å². The summed E-state index contributed by atoms with van der Waals surface area (Å²) in [5.74, 6) is -0.0932. The van der Waals surface area contributed by atoms with E-state index in [-0.39, 0.29) is 21.7 Å². The minimum atomic E-state index is -3.93. The number of anilines is 1. The topological polar surface area (TPSA) is 89.3 Å². The Labute approximate surface area is 121 Å². The van der Waals surface area contributed by atoms with Gasteiger partial charge in [-0.3, -0.25) is 4.79 Å². The molecular weight excluding hydrogens is 303 g/mol. The maximum atomic E-state index is 13.6. The van der Waals surface area contributed by atoms with Crippen molar-refractivity contribution in [1.29, 1.82) is 0 Å². The number of rotatable bonds is 3. The number of halogens is 1. The molecule has 2 rings (SSSR count). The van der Waals surface area contributed by atoms with Crippen molar-refractivity contribution in [2.45, 2.75) is 29.4 Å². The molecule has 0 saturated carbocycles.